The normalized spacial score (nSPS) is 12.4. The van der Waals surface area contributed by atoms with Gasteiger partial charge in [0.1, 0.15) is 0 Å². The average molecular weight is 399 g/mol. The molecular weight excluding hydrogens is 364 g/mol. The third-order valence-electron chi connectivity index (χ3n) is 6.02. The highest BCUT2D eigenvalue weighted by molar-refractivity contribution is 5.86. The van der Waals surface area contributed by atoms with Crippen molar-refractivity contribution in [2.75, 3.05) is 0 Å². The number of hydrazone groups is 1. The minimum Gasteiger partial charge on any atom is -0.283 e. The van der Waals surface area contributed by atoms with E-state index in [2.05, 4.69) is 99.4 Å². The lowest BCUT2D eigenvalue weighted by Crippen LogP contribution is -2.13. The van der Waals surface area contributed by atoms with Crippen LogP contribution in [-0.2, 0) is 19.3 Å². The van der Waals surface area contributed by atoms with Gasteiger partial charge in [0.05, 0.1) is 6.21 Å². The molecule has 0 radical (unpaired) electrons. The number of hydrogen-bond donors (Lipinski definition) is 1. The Bertz CT molecular complexity index is 1020. The first-order valence-corrected chi connectivity index (χ1v) is 11.2. The molecule has 1 atom stereocenters. The molecule has 2 heteroatoms. The van der Waals surface area contributed by atoms with Crippen molar-refractivity contribution in [3.05, 3.63) is 94.7 Å². The Balaban J connectivity index is 1.81. The molecule has 3 aromatic rings. The third kappa shape index (κ3) is 4.64. The van der Waals surface area contributed by atoms with Crippen LogP contribution in [0.4, 0.5) is 0 Å². The molecular formula is C28H34N2. The van der Waals surface area contributed by atoms with Crippen molar-refractivity contribution in [1.29, 1.82) is 0 Å². The van der Waals surface area contributed by atoms with E-state index in [1.165, 1.54) is 33.0 Å². The minimum atomic E-state index is 0.216. The Kier molecular flexibility index (Phi) is 7.46. The summed E-state index contributed by atoms with van der Waals surface area (Å²) in [6.07, 6.45) is 6.09. The molecule has 0 saturated carbocycles. The van der Waals surface area contributed by atoms with Crippen LogP contribution in [0, 0.1) is 0 Å². The molecule has 2 nitrogen and oxygen atoms in total. The average Bonchev–Trinajstić information content (AvgIpc) is 2.79. The Hall–Kier alpha value is -2.87. The monoisotopic (exact) mass is 398 g/mol. The molecule has 156 valence electrons. The Morgan fingerprint density at radius 2 is 1.60 bits per heavy atom. The lowest BCUT2D eigenvalue weighted by atomic mass is 9.89. The number of hydrogen-bond acceptors (Lipinski definition) is 2. The number of nitrogens with one attached hydrogen (secondary N) is 1. The van der Waals surface area contributed by atoms with Crippen LogP contribution in [0.3, 0.4) is 0 Å². The summed E-state index contributed by atoms with van der Waals surface area (Å²) in [5, 5.41) is 7.10. The van der Waals surface area contributed by atoms with Crippen molar-refractivity contribution in [2.45, 2.75) is 59.3 Å². The van der Waals surface area contributed by atoms with E-state index < -0.39 is 0 Å². The van der Waals surface area contributed by atoms with Gasteiger partial charge in [-0.05, 0) is 76.4 Å². The summed E-state index contributed by atoms with van der Waals surface area (Å²) in [5.74, 6) is 0.216. The topological polar surface area (TPSA) is 24.4 Å². The fraction of sp³-hybridized carbons (Fsp3) is 0.321. The molecule has 3 rings (SSSR count). The van der Waals surface area contributed by atoms with E-state index >= 15 is 0 Å². The van der Waals surface area contributed by atoms with Gasteiger partial charge in [0.15, 0.2) is 0 Å². The van der Waals surface area contributed by atoms with Gasteiger partial charge in [-0.2, -0.15) is 5.10 Å². The fourth-order valence-corrected chi connectivity index (χ4v) is 4.46. The van der Waals surface area contributed by atoms with E-state index in [1.807, 2.05) is 6.21 Å². The zero-order chi connectivity index (χ0) is 21.5. The van der Waals surface area contributed by atoms with E-state index in [0.29, 0.717) is 0 Å². The van der Waals surface area contributed by atoms with Crippen LogP contribution in [-0.4, -0.2) is 6.21 Å². The standard InChI is InChI=1S/C28H34N2/c1-6-22-17-21(18-23(7-2)26(22)9-4)19-29-30-20(5)25(8-3)28-16-12-14-24-13-10-11-15-27(24)28/h10-19,25,30H,5-9H2,1-4H3/b29-19+. The second kappa shape index (κ2) is 10.2. The van der Waals surface area contributed by atoms with Gasteiger partial charge in [-0.3, -0.25) is 5.43 Å². The molecule has 0 spiro atoms. The molecule has 0 aliphatic carbocycles. The van der Waals surface area contributed by atoms with Crippen molar-refractivity contribution in [3.63, 3.8) is 0 Å². The van der Waals surface area contributed by atoms with Crippen LogP contribution in [0.5, 0.6) is 0 Å². The van der Waals surface area contributed by atoms with E-state index in [-0.39, 0.29) is 5.92 Å². The SMILES string of the molecule is C=C(N/N=C/c1cc(CC)c(CC)c(CC)c1)C(CC)c1cccc2ccccc12. The summed E-state index contributed by atoms with van der Waals surface area (Å²) >= 11 is 0. The van der Waals surface area contributed by atoms with E-state index in [9.17, 15) is 0 Å². The van der Waals surface area contributed by atoms with Crippen molar-refractivity contribution < 1.29 is 0 Å². The summed E-state index contributed by atoms with van der Waals surface area (Å²) in [6.45, 7) is 13.2. The zero-order valence-electron chi connectivity index (χ0n) is 18.8. The maximum absolute atomic E-state index is 4.55. The number of aryl methyl sites for hydroxylation is 2. The van der Waals surface area contributed by atoms with Crippen molar-refractivity contribution in [1.82, 2.24) is 5.43 Å². The van der Waals surface area contributed by atoms with Gasteiger partial charge in [-0.1, -0.05) is 76.7 Å². The lowest BCUT2D eigenvalue weighted by molar-refractivity contribution is 0.690. The highest BCUT2D eigenvalue weighted by atomic mass is 15.3. The van der Waals surface area contributed by atoms with E-state index in [4.69, 9.17) is 0 Å². The number of fused-ring (bicyclic) bond motifs is 1. The maximum Gasteiger partial charge on any atom is 0.0544 e. The second-order valence-electron chi connectivity index (χ2n) is 7.80. The maximum atomic E-state index is 4.55. The van der Waals surface area contributed by atoms with Gasteiger partial charge in [0, 0.05) is 11.6 Å². The van der Waals surface area contributed by atoms with Crippen LogP contribution in [0.15, 0.2) is 72.0 Å². The van der Waals surface area contributed by atoms with Crippen LogP contribution in [0.25, 0.3) is 10.8 Å². The van der Waals surface area contributed by atoms with Gasteiger partial charge in [0.2, 0.25) is 0 Å². The first-order valence-electron chi connectivity index (χ1n) is 11.2. The molecule has 3 aromatic carbocycles. The summed E-state index contributed by atoms with van der Waals surface area (Å²) in [4.78, 5) is 0. The van der Waals surface area contributed by atoms with E-state index in [1.54, 1.807) is 0 Å². The molecule has 30 heavy (non-hydrogen) atoms. The first-order chi connectivity index (χ1) is 14.6. The van der Waals surface area contributed by atoms with Crippen LogP contribution in [0.1, 0.15) is 67.9 Å². The van der Waals surface area contributed by atoms with Gasteiger partial charge >= 0.3 is 0 Å². The summed E-state index contributed by atoms with van der Waals surface area (Å²) in [5.41, 5.74) is 11.0. The largest absolute Gasteiger partial charge is 0.283 e. The number of nitrogens with zero attached hydrogens (tertiary/aromatic N) is 1. The fourth-order valence-electron chi connectivity index (χ4n) is 4.46. The van der Waals surface area contributed by atoms with E-state index in [0.717, 1.165) is 36.9 Å². The number of rotatable bonds is 9. The predicted molar refractivity (Wildman–Crippen MR) is 131 cm³/mol. The molecule has 0 aromatic heterocycles. The molecule has 0 aliphatic heterocycles. The summed E-state index contributed by atoms with van der Waals surface area (Å²) < 4.78 is 0. The first kappa shape index (κ1) is 21.8. The smallest absolute Gasteiger partial charge is 0.0544 e. The molecule has 0 saturated heterocycles. The Morgan fingerprint density at radius 1 is 0.933 bits per heavy atom. The van der Waals surface area contributed by atoms with Gasteiger partial charge in [0.25, 0.3) is 0 Å². The molecule has 0 fully saturated rings. The predicted octanol–water partition coefficient (Wildman–Crippen LogP) is 7.16. The van der Waals surface area contributed by atoms with Gasteiger partial charge in [-0.15, -0.1) is 0 Å². The van der Waals surface area contributed by atoms with Crippen LogP contribution < -0.4 is 5.43 Å². The van der Waals surface area contributed by atoms with Crippen molar-refractivity contribution in [2.24, 2.45) is 5.10 Å². The van der Waals surface area contributed by atoms with Crippen molar-refractivity contribution >= 4 is 17.0 Å². The van der Waals surface area contributed by atoms with Gasteiger partial charge in [-0.25, -0.2) is 0 Å². The summed E-state index contributed by atoms with van der Waals surface area (Å²) in [6, 6.07) is 19.6. The van der Waals surface area contributed by atoms with Crippen molar-refractivity contribution in [3.8, 4) is 0 Å². The lowest BCUT2D eigenvalue weighted by Gasteiger charge is -2.20. The third-order valence-corrected chi connectivity index (χ3v) is 6.02. The Labute approximate surface area is 181 Å². The highest BCUT2D eigenvalue weighted by Gasteiger charge is 2.15. The molecule has 0 amide bonds. The Morgan fingerprint density at radius 3 is 2.23 bits per heavy atom. The highest BCUT2D eigenvalue weighted by Crippen LogP contribution is 2.31. The minimum absolute atomic E-state index is 0.216. The molecule has 0 heterocycles. The quantitative estimate of drug-likeness (QED) is 0.300. The molecule has 1 N–H and O–H groups in total. The summed E-state index contributed by atoms with van der Waals surface area (Å²) in [7, 11) is 0. The number of allylic oxidation sites excluding steroid dienone is 1. The zero-order valence-corrected chi connectivity index (χ0v) is 18.8. The van der Waals surface area contributed by atoms with Crippen LogP contribution in [0.2, 0.25) is 0 Å². The molecule has 0 bridgehead atoms. The number of benzene rings is 3. The van der Waals surface area contributed by atoms with Gasteiger partial charge < -0.3 is 0 Å². The molecule has 1 unspecified atom stereocenters. The van der Waals surface area contributed by atoms with Crippen LogP contribution >= 0.6 is 0 Å². The second-order valence-corrected chi connectivity index (χ2v) is 7.80. The molecule has 0 aliphatic rings.